The van der Waals surface area contributed by atoms with E-state index in [4.69, 9.17) is 11.6 Å². The van der Waals surface area contributed by atoms with Crippen molar-refractivity contribution in [3.8, 4) is 0 Å². The molecule has 0 amide bonds. The molecule has 9 heteroatoms. The number of carbonyl (C=O) groups is 1. The molecule has 1 aromatic heterocycles. The SMILES string of the molecule is COC(=O)[C@@H](NS(=O)(=O)c1cnc(Cl)nc1)C(C)C. The molecule has 106 valence electrons. The second-order valence-corrected chi connectivity index (χ2v) is 6.11. The van der Waals surface area contributed by atoms with E-state index in [0.717, 1.165) is 12.4 Å². The predicted octanol–water partition coefficient (Wildman–Crippen LogP) is 0.606. The first-order chi connectivity index (χ1) is 8.77. The lowest BCUT2D eigenvalue weighted by atomic mass is 10.1. The van der Waals surface area contributed by atoms with Crippen LogP contribution in [0.3, 0.4) is 0 Å². The molecule has 0 aliphatic carbocycles. The van der Waals surface area contributed by atoms with Gasteiger partial charge in [-0.1, -0.05) is 13.8 Å². The summed E-state index contributed by atoms with van der Waals surface area (Å²) in [6.07, 6.45) is 2.12. The van der Waals surface area contributed by atoms with Gasteiger partial charge in [0.05, 0.1) is 19.5 Å². The molecule has 0 radical (unpaired) electrons. The van der Waals surface area contributed by atoms with Gasteiger partial charge in [0.2, 0.25) is 15.3 Å². The van der Waals surface area contributed by atoms with Gasteiger partial charge in [-0.25, -0.2) is 18.4 Å². The van der Waals surface area contributed by atoms with Gasteiger partial charge in [0.15, 0.2) is 0 Å². The van der Waals surface area contributed by atoms with Gasteiger partial charge < -0.3 is 4.74 Å². The summed E-state index contributed by atoms with van der Waals surface area (Å²) in [4.78, 5) is 18.5. The molecule has 7 nitrogen and oxygen atoms in total. The summed E-state index contributed by atoms with van der Waals surface area (Å²) in [5.41, 5.74) is 0. The van der Waals surface area contributed by atoms with Gasteiger partial charge in [-0.05, 0) is 17.5 Å². The number of halogens is 1. The fraction of sp³-hybridized carbons (Fsp3) is 0.500. The van der Waals surface area contributed by atoms with Crippen molar-refractivity contribution >= 4 is 27.6 Å². The number of carbonyl (C=O) groups excluding carboxylic acids is 1. The Balaban J connectivity index is 3.00. The first kappa shape index (κ1) is 15.8. The fourth-order valence-corrected chi connectivity index (χ4v) is 2.58. The Hall–Kier alpha value is -1.25. The topological polar surface area (TPSA) is 98.2 Å². The molecular formula is C10H14ClN3O4S. The van der Waals surface area contributed by atoms with Crippen LogP contribution in [0.4, 0.5) is 0 Å². The summed E-state index contributed by atoms with van der Waals surface area (Å²) in [5, 5.41) is -0.0627. The molecule has 1 aromatic rings. The second kappa shape index (κ2) is 6.27. The van der Waals surface area contributed by atoms with Crippen molar-refractivity contribution in [3.05, 3.63) is 17.7 Å². The van der Waals surface area contributed by atoms with Gasteiger partial charge in [0, 0.05) is 0 Å². The van der Waals surface area contributed by atoms with Crippen LogP contribution in [-0.4, -0.2) is 37.5 Å². The van der Waals surface area contributed by atoms with Crippen LogP contribution in [-0.2, 0) is 19.6 Å². The first-order valence-electron chi connectivity index (χ1n) is 5.35. The molecule has 19 heavy (non-hydrogen) atoms. The number of nitrogens with zero attached hydrogens (tertiary/aromatic N) is 2. The molecule has 0 unspecified atom stereocenters. The van der Waals surface area contributed by atoms with Crippen LogP contribution in [0.5, 0.6) is 0 Å². The minimum Gasteiger partial charge on any atom is -0.468 e. The molecule has 0 saturated carbocycles. The van der Waals surface area contributed by atoms with Crippen LogP contribution in [0.2, 0.25) is 5.28 Å². The molecule has 1 atom stereocenters. The normalized spacial score (nSPS) is 13.3. The Morgan fingerprint density at radius 3 is 2.32 bits per heavy atom. The molecule has 0 saturated heterocycles. The van der Waals surface area contributed by atoms with Crippen molar-refractivity contribution in [1.82, 2.24) is 14.7 Å². The molecular weight excluding hydrogens is 294 g/mol. The summed E-state index contributed by atoms with van der Waals surface area (Å²) in [6.45, 7) is 3.39. The highest BCUT2D eigenvalue weighted by atomic mass is 35.5. The van der Waals surface area contributed by atoms with Crippen LogP contribution < -0.4 is 4.72 Å². The molecule has 0 aromatic carbocycles. The summed E-state index contributed by atoms with van der Waals surface area (Å²) in [7, 11) is -2.72. The number of methoxy groups -OCH3 is 1. The molecule has 0 aliphatic rings. The van der Waals surface area contributed by atoms with E-state index < -0.39 is 22.0 Å². The molecule has 0 aliphatic heterocycles. The molecule has 0 fully saturated rings. The van der Waals surface area contributed by atoms with E-state index in [1.807, 2.05) is 0 Å². The van der Waals surface area contributed by atoms with E-state index in [2.05, 4.69) is 19.4 Å². The number of aromatic nitrogens is 2. The highest BCUT2D eigenvalue weighted by molar-refractivity contribution is 7.89. The highest BCUT2D eigenvalue weighted by Gasteiger charge is 2.29. The van der Waals surface area contributed by atoms with Crippen molar-refractivity contribution in [2.45, 2.75) is 24.8 Å². The van der Waals surface area contributed by atoms with Gasteiger partial charge in [0.1, 0.15) is 10.9 Å². The largest absolute Gasteiger partial charge is 0.468 e. The first-order valence-corrected chi connectivity index (χ1v) is 7.21. The summed E-state index contributed by atoms with van der Waals surface area (Å²) in [6, 6.07) is -0.981. The zero-order valence-corrected chi connectivity index (χ0v) is 12.2. The number of ether oxygens (including phenoxy) is 1. The Bertz CT molecular complexity index is 544. The van der Waals surface area contributed by atoms with Gasteiger partial charge >= 0.3 is 5.97 Å². The third kappa shape index (κ3) is 4.12. The second-order valence-electron chi connectivity index (χ2n) is 4.05. The maximum absolute atomic E-state index is 12.0. The molecule has 1 heterocycles. The van der Waals surface area contributed by atoms with Crippen LogP contribution in [0.1, 0.15) is 13.8 Å². The minimum absolute atomic E-state index is 0.0627. The highest BCUT2D eigenvalue weighted by Crippen LogP contribution is 2.12. The minimum atomic E-state index is -3.91. The van der Waals surface area contributed by atoms with Crippen LogP contribution in [0.15, 0.2) is 17.3 Å². The average molecular weight is 308 g/mol. The number of rotatable bonds is 5. The van der Waals surface area contributed by atoms with E-state index in [1.54, 1.807) is 13.8 Å². The number of hydrogen-bond acceptors (Lipinski definition) is 6. The Labute approximate surface area is 116 Å². The van der Waals surface area contributed by atoms with Crippen molar-refractivity contribution < 1.29 is 17.9 Å². The van der Waals surface area contributed by atoms with Crippen molar-refractivity contribution in [2.24, 2.45) is 5.92 Å². The summed E-state index contributed by atoms with van der Waals surface area (Å²) >= 11 is 5.48. The van der Waals surface area contributed by atoms with E-state index in [0.29, 0.717) is 0 Å². The van der Waals surface area contributed by atoms with Crippen molar-refractivity contribution in [3.63, 3.8) is 0 Å². The lowest BCUT2D eigenvalue weighted by molar-refractivity contribution is -0.143. The van der Waals surface area contributed by atoms with Gasteiger partial charge in [-0.3, -0.25) is 4.79 Å². The summed E-state index contributed by atoms with van der Waals surface area (Å²) < 4.78 is 30.9. The number of sulfonamides is 1. The molecule has 1 N–H and O–H groups in total. The van der Waals surface area contributed by atoms with Crippen LogP contribution in [0.25, 0.3) is 0 Å². The fourth-order valence-electron chi connectivity index (χ4n) is 1.26. The van der Waals surface area contributed by atoms with E-state index in [-0.39, 0.29) is 16.1 Å². The lowest BCUT2D eigenvalue weighted by Gasteiger charge is -2.19. The Morgan fingerprint density at radius 2 is 1.89 bits per heavy atom. The van der Waals surface area contributed by atoms with Crippen molar-refractivity contribution in [1.29, 1.82) is 0 Å². The summed E-state index contributed by atoms with van der Waals surface area (Å²) in [5.74, 6) is -0.927. The lowest BCUT2D eigenvalue weighted by Crippen LogP contribution is -2.44. The van der Waals surface area contributed by atoms with E-state index in [9.17, 15) is 13.2 Å². The molecule has 0 bridgehead atoms. The molecule has 1 rings (SSSR count). The predicted molar refractivity (Wildman–Crippen MR) is 68.0 cm³/mol. The Kier molecular flexibility index (Phi) is 5.21. The third-order valence-electron chi connectivity index (χ3n) is 2.31. The average Bonchev–Trinajstić information content (AvgIpc) is 2.35. The van der Waals surface area contributed by atoms with Crippen LogP contribution in [0, 0.1) is 5.92 Å². The smallest absolute Gasteiger partial charge is 0.324 e. The quantitative estimate of drug-likeness (QED) is 0.632. The standard InChI is InChI=1S/C10H14ClN3O4S/c1-6(2)8(9(15)18-3)14-19(16,17)7-4-12-10(11)13-5-7/h4-6,8,14H,1-3H3/t8-/m0/s1. The maximum atomic E-state index is 12.0. The monoisotopic (exact) mass is 307 g/mol. The number of nitrogens with one attached hydrogen (secondary N) is 1. The van der Waals surface area contributed by atoms with E-state index in [1.165, 1.54) is 7.11 Å². The van der Waals surface area contributed by atoms with Gasteiger partial charge in [0.25, 0.3) is 0 Å². The zero-order chi connectivity index (χ0) is 14.6. The molecule has 0 spiro atoms. The van der Waals surface area contributed by atoms with Crippen LogP contribution >= 0.6 is 11.6 Å². The van der Waals surface area contributed by atoms with Crippen molar-refractivity contribution in [2.75, 3.05) is 7.11 Å². The maximum Gasteiger partial charge on any atom is 0.324 e. The number of hydrogen-bond donors (Lipinski definition) is 1. The van der Waals surface area contributed by atoms with Gasteiger partial charge in [-0.2, -0.15) is 4.72 Å². The third-order valence-corrected chi connectivity index (χ3v) is 3.90. The zero-order valence-electron chi connectivity index (χ0n) is 10.6. The van der Waals surface area contributed by atoms with E-state index >= 15 is 0 Å². The van der Waals surface area contributed by atoms with Gasteiger partial charge in [-0.15, -0.1) is 0 Å². The Morgan fingerprint density at radius 1 is 1.37 bits per heavy atom. The number of esters is 1.